The van der Waals surface area contributed by atoms with E-state index in [1.54, 1.807) is 34.9 Å². The van der Waals surface area contributed by atoms with Crippen LogP contribution in [0.25, 0.3) is 0 Å². The number of methoxy groups -OCH3 is 1. The maximum Gasteiger partial charge on any atom is 0.322 e. The van der Waals surface area contributed by atoms with Crippen LogP contribution in [0.2, 0.25) is 0 Å². The largest absolute Gasteiger partial charge is 0.381 e. The molecule has 1 saturated heterocycles. The number of aromatic nitrogens is 1. The van der Waals surface area contributed by atoms with E-state index in [0.29, 0.717) is 18.3 Å². The summed E-state index contributed by atoms with van der Waals surface area (Å²) < 4.78 is 6.99. The van der Waals surface area contributed by atoms with Gasteiger partial charge in [-0.1, -0.05) is 0 Å². The molecule has 2 amide bonds. The first kappa shape index (κ1) is 16.1. The minimum Gasteiger partial charge on any atom is -0.381 e. The molecule has 0 aromatic carbocycles. The zero-order valence-electron chi connectivity index (χ0n) is 13.9. The lowest BCUT2D eigenvalue weighted by atomic mass is 9.68. The molecule has 6 heteroatoms. The van der Waals surface area contributed by atoms with Crippen LogP contribution in [0, 0.1) is 5.41 Å². The van der Waals surface area contributed by atoms with Gasteiger partial charge >= 0.3 is 6.03 Å². The highest BCUT2D eigenvalue weighted by Crippen LogP contribution is 2.44. The molecule has 3 rings (SSSR count). The van der Waals surface area contributed by atoms with Crippen LogP contribution in [0.5, 0.6) is 0 Å². The number of likely N-dealkylation sites (tertiary alicyclic amines) is 1. The molecular formula is C17H25N3O3. The standard InChI is InChI=1S/C17H25N3O3/c1-3-19-10-4-5-14(15(19)21)18-16(22)20-11-17(12-20)8-6-13(23-2)7-9-17/h4-5,10,13H,3,6-9,11-12H2,1-2H3,(H,18,22). The molecule has 0 radical (unpaired) electrons. The van der Waals surface area contributed by atoms with E-state index in [0.717, 1.165) is 38.8 Å². The summed E-state index contributed by atoms with van der Waals surface area (Å²) in [6.45, 7) is 4.06. The first-order chi connectivity index (χ1) is 11.1. The molecule has 126 valence electrons. The molecule has 1 aromatic heterocycles. The van der Waals surface area contributed by atoms with Gasteiger partial charge < -0.3 is 19.5 Å². The molecular weight excluding hydrogens is 294 g/mol. The number of nitrogens with zero attached hydrogens (tertiary/aromatic N) is 2. The van der Waals surface area contributed by atoms with E-state index in [9.17, 15) is 9.59 Å². The van der Waals surface area contributed by atoms with Gasteiger partial charge in [0, 0.05) is 38.4 Å². The quantitative estimate of drug-likeness (QED) is 0.930. The van der Waals surface area contributed by atoms with Crippen LogP contribution >= 0.6 is 0 Å². The van der Waals surface area contributed by atoms with Crippen LogP contribution in [-0.4, -0.2) is 41.8 Å². The molecule has 2 heterocycles. The van der Waals surface area contributed by atoms with Crippen molar-refractivity contribution in [1.29, 1.82) is 0 Å². The van der Waals surface area contributed by atoms with E-state index in [1.807, 2.05) is 6.92 Å². The van der Waals surface area contributed by atoms with E-state index < -0.39 is 0 Å². The van der Waals surface area contributed by atoms with Gasteiger partial charge in [0.2, 0.25) is 0 Å². The third-order valence-corrected chi connectivity index (χ3v) is 5.27. The number of nitrogens with one attached hydrogen (secondary N) is 1. The van der Waals surface area contributed by atoms with E-state index in [4.69, 9.17) is 4.74 Å². The Morgan fingerprint density at radius 1 is 1.39 bits per heavy atom. The second-order valence-corrected chi connectivity index (χ2v) is 6.73. The molecule has 2 aliphatic rings. The summed E-state index contributed by atoms with van der Waals surface area (Å²) in [4.78, 5) is 26.3. The zero-order valence-corrected chi connectivity index (χ0v) is 13.9. The number of aryl methyl sites for hydroxylation is 1. The first-order valence-electron chi connectivity index (χ1n) is 8.35. The van der Waals surface area contributed by atoms with Crippen molar-refractivity contribution in [3.8, 4) is 0 Å². The van der Waals surface area contributed by atoms with Gasteiger partial charge in [0.15, 0.2) is 0 Å². The predicted molar refractivity (Wildman–Crippen MR) is 88.7 cm³/mol. The molecule has 1 aliphatic carbocycles. The Balaban J connectivity index is 1.57. The van der Waals surface area contributed by atoms with Crippen LogP contribution < -0.4 is 10.9 Å². The minimum absolute atomic E-state index is 0.154. The Morgan fingerprint density at radius 2 is 2.09 bits per heavy atom. The molecule has 23 heavy (non-hydrogen) atoms. The fraction of sp³-hybridized carbons (Fsp3) is 0.647. The number of carbonyl (C=O) groups excluding carboxylic acids is 1. The SMILES string of the molecule is CCn1cccc(NC(=O)N2CC3(CCC(OC)CC3)C2)c1=O. The fourth-order valence-corrected chi connectivity index (χ4v) is 3.74. The molecule has 1 spiro atoms. The Morgan fingerprint density at radius 3 is 2.70 bits per heavy atom. The summed E-state index contributed by atoms with van der Waals surface area (Å²) in [6, 6.07) is 3.27. The van der Waals surface area contributed by atoms with Crippen molar-refractivity contribution in [3.05, 3.63) is 28.7 Å². The first-order valence-corrected chi connectivity index (χ1v) is 8.35. The normalized spacial score (nSPS) is 20.3. The van der Waals surface area contributed by atoms with Gasteiger partial charge in [-0.15, -0.1) is 0 Å². The molecule has 1 aliphatic heterocycles. The van der Waals surface area contributed by atoms with Crippen molar-refractivity contribution in [3.63, 3.8) is 0 Å². The van der Waals surface area contributed by atoms with Gasteiger partial charge in [0.05, 0.1) is 6.10 Å². The number of urea groups is 1. The van der Waals surface area contributed by atoms with Crippen molar-refractivity contribution in [1.82, 2.24) is 9.47 Å². The molecule has 0 atom stereocenters. The Labute approximate surface area is 136 Å². The van der Waals surface area contributed by atoms with Crippen LogP contribution in [-0.2, 0) is 11.3 Å². The average molecular weight is 319 g/mol. The average Bonchev–Trinajstić information content (AvgIpc) is 2.54. The summed E-state index contributed by atoms with van der Waals surface area (Å²) in [5.41, 5.74) is 0.467. The van der Waals surface area contributed by atoms with Crippen LogP contribution in [0.4, 0.5) is 10.5 Å². The molecule has 6 nitrogen and oxygen atoms in total. The Kier molecular flexibility index (Phi) is 4.43. The lowest BCUT2D eigenvalue weighted by Gasteiger charge is -2.53. The zero-order chi connectivity index (χ0) is 16.4. The number of hydrogen-bond donors (Lipinski definition) is 1. The van der Waals surface area contributed by atoms with E-state index >= 15 is 0 Å². The Bertz CT molecular complexity index is 624. The number of rotatable bonds is 3. The second-order valence-electron chi connectivity index (χ2n) is 6.73. The van der Waals surface area contributed by atoms with Gasteiger partial charge in [-0.2, -0.15) is 0 Å². The van der Waals surface area contributed by atoms with E-state index in [1.165, 1.54) is 0 Å². The van der Waals surface area contributed by atoms with Gasteiger partial charge in [-0.25, -0.2) is 4.79 Å². The van der Waals surface area contributed by atoms with Crippen molar-refractivity contribution in [2.45, 2.75) is 45.3 Å². The van der Waals surface area contributed by atoms with Gasteiger partial charge in [-0.3, -0.25) is 4.79 Å². The van der Waals surface area contributed by atoms with Crippen LogP contribution in [0.15, 0.2) is 23.1 Å². The number of anilines is 1. The Hall–Kier alpha value is -1.82. The molecule has 2 fully saturated rings. The maximum atomic E-state index is 12.3. The predicted octanol–water partition coefficient (Wildman–Crippen LogP) is 2.29. The molecule has 1 saturated carbocycles. The smallest absolute Gasteiger partial charge is 0.322 e. The van der Waals surface area contributed by atoms with E-state index in [-0.39, 0.29) is 17.0 Å². The van der Waals surface area contributed by atoms with Gasteiger partial charge in [0.1, 0.15) is 5.69 Å². The number of hydrogen-bond acceptors (Lipinski definition) is 3. The maximum absolute atomic E-state index is 12.3. The van der Waals surface area contributed by atoms with Crippen LogP contribution in [0.1, 0.15) is 32.6 Å². The monoisotopic (exact) mass is 319 g/mol. The third-order valence-electron chi connectivity index (χ3n) is 5.27. The highest BCUT2D eigenvalue weighted by Gasteiger charge is 2.47. The summed E-state index contributed by atoms with van der Waals surface area (Å²) in [7, 11) is 1.77. The topological polar surface area (TPSA) is 63.6 Å². The summed E-state index contributed by atoms with van der Waals surface area (Å²) in [5, 5.41) is 2.76. The highest BCUT2D eigenvalue weighted by molar-refractivity contribution is 5.89. The number of amides is 2. The molecule has 1 N–H and O–H groups in total. The summed E-state index contributed by atoms with van der Waals surface area (Å²) in [5.74, 6) is 0. The van der Waals surface area contributed by atoms with Crippen LogP contribution in [0.3, 0.4) is 0 Å². The number of ether oxygens (including phenoxy) is 1. The molecule has 1 aromatic rings. The van der Waals surface area contributed by atoms with Crippen molar-refractivity contribution in [2.24, 2.45) is 5.41 Å². The minimum atomic E-state index is -0.171. The van der Waals surface area contributed by atoms with E-state index in [2.05, 4.69) is 5.32 Å². The fourth-order valence-electron chi connectivity index (χ4n) is 3.74. The molecule has 0 bridgehead atoms. The third kappa shape index (κ3) is 3.13. The summed E-state index contributed by atoms with van der Waals surface area (Å²) in [6.07, 6.45) is 6.48. The number of carbonyl (C=O) groups is 1. The lowest BCUT2D eigenvalue weighted by Crippen LogP contribution is -2.61. The highest BCUT2D eigenvalue weighted by atomic mass is 16.5. The van der Waals surface area contributed by atoms with Gasteiger partial charge in [0.25, 0.3) is 5.56 Å². The lowest BCUT2D eigenvalue weighted by molar-refractivity contribution is -0.0399. The summed E-state index contributed by atoms with van der Waals surface area (Å²) >= 11 is 0. The van der Waals surface area contributed by atoms with Gasteiger partial charge in [-0.05, 0) is 44.7 Å². The van der Waals surface area contributed by atoms with Crippen molar-refractivity contribution >= 4 is 11.7 Å². The van der Waals surface area contributed by atoms with Crippen molar-refractivity contribution < 1.29 is 9.53 Å². The second kappa shape index (κ2) is 6.35. The number of pyridine rings is 1. The molecule has 0 unspecified atom stereocenters. The van der Waals surface area contributed by atoms with Crippen molar-refractivity contribution in [2.75, 3.05) is 25.5 Å².